The molecule has 23 heavy (non-hydrogen) atoms. The summed E-state index contributed by atoms with van der Waals surface area (Å²) >= 11 is 0. The summed E-state index contributed by atoms with van der Waals surface area (Å²) in [7, 11) is 0. The van der Waals surface area contributed by atoms with Crippen LogP contribution in [0.3, 0.4) is 0 Å². The van der Waals surface area contributed by atoms with E-state index in [9.17, 15) is 9.59 Å². The van der Waals surface area contributed by atoms with Crippen molar-refractivity contribution >= 4 is 12.0 Å². The van der Waals surface area contributed by atoms with Crippen molar-refractivity contribution in [3.05, 3.63) is 12.2 Å². The van der Waals surface area contributed by atoms with Gasteiger partial charge in [-0.25, -0.2) is 4.79 Å². The normalized spacial score (nSPS) is 27.6. The minimum Gasteiger partial charge on any atom is -0.444 e. The smallest absolute Gasteiger partial charge is 0.410 e. The molecule has 0 aromatic carbocycles. The van der Waals surface area contributed by atoms with Gasteiger partial charge in [-0.1, -0.05) is 12.2 Å². The molecule has 3 aliphatic rings. The second-order valence-electron chi connectivity index (χ2n) is 8.22. The first kappa shape index (κ1) is 16.3. The van der Waals surface area contributed by atoms with Gasteiger partial charge in [-0.05, 0) is 45.4 Å². The lowest BCUT2D eigenvalue weighted by Crippen LogP contribution is -2.52. The van der Waals surface area contributed by atoms with Crippen LogP contribution in [0.2, 0.25) is 0 Å². The zero-order valence-electron chi connectivity index (χ0n) is 14.5. The lowest BCUT2D eigenvalue weighted by atomic mass is 9.86. The van der Waals surface area contributed by atoms with Gasteiger partial charge in [0, 0.05) is 38.5 Å². The maximum absolute atomic E-state index is 12.5. The van der Waals surface area contributed by atoms with Crippen LogP contribution in [0.1, 0.15) is 40.0 Å². The average molecular weight is 320 g/mol. The van der Waals surface area contributed by atoms with E-state index in [-0.39, 0.29) is 17.9 Å². The van der Waals surface area contributed by atoms with Crippen molar-refractivity contribution in [2.45, 2.75) is 45.6 Å². The monoisotopic (exact) mass is 320 g/mol. The minimum absolute atomic E-state index is 0.258. The van der Waals surface area contributed by atoms with Gasteiger partial charge >= 0.3 is 6.09 Å². The first-order chi connectivity index (χ1) is 10.8. The van der Waals surface area contributed by atoms with E-state index >= 15 is 0 Å². The number of nitrogens with zero attached hydrogens (tertiary/aromatic N) is 2. The molecular weight excluding hydrogens is 292 g/mol. The molecule has 2 amide bonds. The Morgan fingerprint density at radius 1 is 1.00 bits per heavy atom. The summed E-state index contributed by atoms with van der Waals surface area (Å²) in [5.74, 6) is 1.86. The molecule has 5 nitrogen and oxygen atoms in total. The number of amides is 2. The van der Waals surface area contributed by atoms with Crippen molar-refractivity contribution in [2.24, 2.45) is 17.8 Å². The Morgan fingerprint density at radius 3 is 2.09 bits per heavy atom. The molecule has 0 unspecified atom stereocenters. The predicted octanol–water partition coefficient (Wildman–Crippen LogP) is 2.67. The van der Waals surface area contributed by atoms with Crippen LogP contribution in [-0.2, 0) is 9.53 Å². The summed E-state index contributed by atoms with van der Waals surface area (Å²) in [6.07, 6.45) is 7.03. The Balaban J connectivity index is 1.40. The van der Waals surface area contributed by atoms with Crippen molar-refractivity contribution in [1.29, 1.82) is 0 Å². The number of likely N-dealkylation sites (tertiary alicyclic amines) is 2. The summed E-state index contributed by atoms with van der Waals surface area (Å²) in [6.45, 7) is 8.71. The number of allylic oxidation sites excluding steroid dienone is 2. The van der Waals surface area contributed by atoms with E-state index < -0.39 is 5.60 Å². The van der Waals surface area contributed by atoms with Gasteiger partial charge in [-0.2, -0.15) is 0 Å². The van der Waals surface area contributed by atoms with E-state index in [0.29, 0.717) is 31.3 Å². The lowest BCUT2D eigenvalue weighted by Gasteiger charge is -2.40. The fraction of sp³-hybridized carbons (Fsp3) is 0.778. The maximum atomic E-state index is 12.5. The lowest BCUT2D eigenvalue weighted by molar-refractivity contribution is -0.132. The number of carbonyl (C=O) groups is 2. The average Bonchev–Trinajstić information content (AvgIpc) is 2.83. The van der Waals surface area contributed by atoms with Gasteiger partial charge in [-0.3, -0.25) is 4.79 Å². The minimum atomic E-state index is -0.460. The number of rotatable bonds is 2. The van der Waals surface area contributed by atoms with Crippen LogP contribution in [0.25, 0.3) is 0 Å². The van der Waals surface area contributed by atoms with E-state index in [1.807, 2.05) is 25.7 Å². The van der Waals surface area contributed by atoms with Crippen LogP contribution < -0.4 is 0 Å². The van der Waals surface area contributed by atoms with Gasteiger partial charge < -0.3 is 14.5 Å². The molecule has 5 heteroatoms. The Morgan fingerprint density at radius 2 is 1.57 bits per heavy atom. The molecular formula is C18H28N2O3. The van der Waals surface area contributed by atoms with Crippen molar-refractivity contribution in [1.82, 2.24) is 9.80 Å². The predicted molar refractivity (Wildman–Crippen MR) is 87.8 cm³/mol. The van der Waals surface area contributed by atoms with Gasteiger partial charge in [0.2, 0.25) is 5.91 Å². The largest absolute Gasteiger partial charge is 0.444 e. The molecule has 0 radical (unpaired) electrons. The summed E-state index contributed by atoms with van der Waals surface area (Å²) in [4.78, 5) is 28.1. The van der Waals surface area contributed by atoms with E-state index in [1.54, 1.807) is 4.90 Å². The molecule has 2 saturated heterocycles. The van der Waals surface area contributed by atoms with Gasteiger partial charge in [0.25, 0.3) is 0 Å². The van der Waals surface area contributed by atoms with Gasteiger partial charge in [-0.15, -0.1) is 0 Å². The standard InChI is InChI=1S/C18H28N2O3/c1-18(2,3)23-17(22)20-9-13(10-20)8-16(21)19-11-14-6-4-5-7-15(14)12-19/h4-5,13-15H,6-12H2,1-3H3/t14-,15-/m1/s1. The Labute approximate surface area is 138 Å². The quantitative estimate of drug-likeness (QED) is 0.735. The fourth-order valence-electron chi connectivity index (χ4n) is 3.77. The SMILES string of the molecule is CC(C)(C)OC(=O)N1CC(CC(=O)N2C[C@H]3CC=CC[C@@H]3C2)C1. The molecule has 0 N–H and O–H groups in total. The number of carbonyl (C=O) groups excluding carboxylic acids is 2. The molecule has 0 aromatic rings. The van der Waals surface area contributed by atoms with E-state index in [0.717, 1.165) is 25.9 Å². The van der Waals surface area contributed by atoms with Crippen molar-refractivity contribution in [3.8, 4) is 0 Å². The van der Waals surface area contributed by atoms with Crippen LogP contribution in [0.4, 0.5) is 4.79 Å². The second-order valence-corrected chi connectivity index (χ2v) is 8.22. The third-order valence-electron chi connectivity index (χ3n) is 5.05. The summed E-state index contributed by atoms with van der Waals surface area (Å²) < 4.78 is 5.34. The highest BCUT2D eigenvalue weighted by molar-refractivity contribution is 5.77. The van der Waals surface area contributed by atoms with Crippen LogP contribution >= 0.6 is 0 Å². The maximum Gasteiger partial charge on any atom is 0.410 e. The topological polar surface area (TPSA) is 49.9 Å². The Hall–Kier alpha value is -1.52. The fourth-order valence-corrected chi connectivity index (χ4v) is 3.77. The van der Waals surface area contributed by atoms with Gasteiger partial charge in [0.05, 0.1) is 0 Å². The highest BCUT2D eigenvalue weighted by atomic mass is 16.6. The molecule has 0 saturated carbocycles. The summed E-state index contributed by atoms with van der Waals surface area (Å²) in [5.41, 5.74) is -0.460. The number of hydrogen-bond donors (Lipinski definition) is 0. The zero-order valence-corrected chi connectivity index (χ0v) is 14.5. The van der Waals surface area contributed by atoms with Gasteiger partial charge in [0.1, 0.15) is 5.60 Å². The zero-order chi connectivity index (χ0) is 16.6. The van der Waals surface area contributed by atoms with Crippen LogP contribution in [0, 0.1) is 17.8 Å². The van der Waals surface area contributed by atoms with Gasteiger partial charge in [0.15, 0.2) is 0 Å². The Kier molecular flexibility index (Phi) is 4.39. The van der Waals surface area contributed by atoms with Crippen molar-refractivity contribution in [3.63, 3.8) is 0 Å². The molecule has 0 spiro atoms. The van der Waals surface area contributed by atoms with E-state index in [2.05, 4.69) is 12.2 Å². The highest BCUT2D eigenvalue weighted by Gasteiger charge is 2.39. The van der Waals surface area contributed by atoms with E-state index in [4.69, 9.17) is 4.74 Å². The first-order valence-corrected chi connectivity index (χ1v) is 8.72. The molecule has 0 aromatic heterocycles. The molecule has 128 valence electrons. The third kappa shape index (κ3) is 3.88. The molecule has 1 aliphatic carbocycles. The number of fused-ring (bicyclic) bond motifs is 1. The summed E-state index contributed by atoms with van der Waals surface area (Å²) in [5, 5.41) is 0. The number of hydrogen-bond acceptors (Lipinski definition) is 3. The first-order valence-electron chi connectivity index (χ1n) is 8.72. The Bertz CT molecular complexity index is 487. The van der Waals surface area contributed by atoms with Crippen molar-refractivity contribution in [2.75, 3.05) is 26.2 Å². The molecule has 2 heterocycles. The molecule has 0 bridgehead atoms. The molecule has 2 atom stereocenters. The van der Waals surface area contributed by atoms with Crippen LogP contribution in [0.5, 0.6) is 0 Å². The van der Waals surface area contributed by atoms with Crippen molar-refractivity contribution < 1.29 is 14.3 Å². The molecule has 2 fully saturated rings. The molecule has 3 rings (SSSR count). The summed E-state index contributed by atoms with van der Waals surface area (Å²) in [6, 6.07) is 0. The highest BCUT2D eigenvalue weighted by Crippen LogP contribution is 2.33. The second kappa shape index (κ2) is 6.17. The third-order valence-corrected chi connectivity index (χ3v) is 5.05. The number of ether oxygens (including phenoxy) is 1. The van der Waals surface area contributed by atoms with E-state index in [1.165, 1.54) is 0 Å². The van der Waals surface area contributed by atoms with Crippen LogP contribution in [0.15, 0.2) is 12.2 Å². The molecule has 2 aliphatic heterocycles. The van der Waals surface area contributed by atoms with Crippen LogP contribution in [-0.4, -0.2) is 53.6 Å².